The average molecular weight is 493 g/mol. The summed E-state index contributed by atoms with van der Waals surface area (Å²) in [6.45, 7) is 5.29. The van der Waals surface area contributed by atoms with Gasteiger partial charge in [-0.15, -0.1) is 6.58 Å². The van der Waals surface area contributed by atoms with E-state index in [-0.39, 0.29) is 24.9 Å². The monoisotopic (exact) mass is 492 g/mol. The van der Waals surface area contributed by atoms with Gasteiger partial charge in [0.2, 0.25) is 11.6 Å². The highest BCUT2D eigenvalue weighted by Gasteiger charge is 2.55. The molecule has 1 amide bonds. The van der Waals surface area contributed by atoms with Crippen LogP contribution in [0.25, 0.3) is 0 Å². The minimum atomic E-state index is -1.44. The van der Waals surface area contributed by atoms with Crippen LogP contribution in [0.3, 0.4) is 0 Å². The second kappa shape index (κ2) is 9.87. The van der Waals surface area contributed by atoms with Gasteiger partial charge in [-0.2, -0.15) is 0 Å². The second-order valence-electron chi connectivity index (χ2n) is 8.55. The summed E-state index contributed by atoms with van der Waals surface area (Å²) in [6.07, 6.45) is 6.21. The smallest absolute Gasteiger partial charge is 0.333 e. The van der Waals surface area contributed by atoms with E-state index in [2.05, 4.69) is 11.5 Å². The molecule has 3 aliphatic heterocycles. The maximum atomic E-state index is 13.6. The number of esters is 2. The molecule has 0 bridgehead atoms. The number of halogens is 2. The first-order chi connectivity index (χ1) is 15.8. The van der Waals surface area contributed by atoms with Gasteiger partial charge in [-0.3, -0.25) is 14.6 Å². The lowest BCUT2D eigenvalue weighted by atomic mass is 9.91. The molecular formula is C24H26Cl2N2O5. The number of nitrogens with zero attached hydrogens (tertiary/aromatic N) is 2. The number of hydrogen-bond acceptors (Lipinski definition) is 6. The fraction of sp³-hybridized carbons (Fsp3) is 0.458. The minimum absolute atomic E-state index is 0.0393. The van der Waals surface area contributed by atoms with Gasteiger partial charge in [0.25, 0.3) is 0 Å². The topological polar surface area (TPSA) is 76.2 Å². The number of hydrogen-bond donors (Lipinski definition) is 0. The highest BCUT2D eigenvalue weighted by Crippen LogP contribution is 2.37. The molecule has 0 spiro atoms. The number of ether oxygens (including phenoxy) is 2. The third-order valence-corrected chi connectivity index (χ3v) is 7.19. The Kier molecular flexibility index (Phi) is 7.12. The van der Waals surface area contributed by atoms with Crippen molar-refractivity contribution in [3.05, 3.63) is 58.6 Å². The molecule has 1 aromatic carbocycles. The van der Waals surface area contributed by atoms with Gasteiger partial charge in [0.1, 0.15) is 0 Å². The summed E-state index contributed by atoms with van der Waals surface area (Å²) in [4.78, 5) is 42.2. The molecule has 2 saturated heterocycles. The number of carbonyl (C=O) groups excluding carboxylic acids is 3. The quantitative estimate of drug-likeness (QED) is 0.462. The van der Waals surface area contributed by atoms with Crippen molar-refractivity contribution in [2.75, 3.05) is 19.6 Å². The Labute approximate surface area is 202 Å². The Hall–Kier alpha value is -2.35. The molecule has 3 unspecified atom stereocenters. The van der Waals surface area contributed by atoms with E-state index in [4.69, 9.17) is 32.7 Å². The van der Waals surface area contributed by atoms with Gasteiger partial charge >= 0.3 is 11.9 Å². The number of rotatable bonds is 5. The number of benzene rings is 1. The van der Waals surface area contributed by atoms with Crippen LogP contribution in [0.1, 0.15) is 31.2 Å². The van der Waals surface area contributed by atoms with Crippen LogP contribution in [-0.4, -0.2) is 65.2 Å². The highest BCUT2D eigenvalue weighted by molar-refractivity contribution is 6.42. The molecule has 33 heavy (non-hydrogen) atoms. The van der Waals surface area contributed by atoms with Crippen molar-refractivity contribution in [3.8, 4) is 0 Å². The van der Waals surface area contributed by atoms with E-state index < -0.39 is 23.8 Å². The summed E-state index contributed by atoms with van der Waals surface area (Å²) in [6, 6.07) is 5.12. The summed E-state index contributed by atoms with van der Waals surface area (Å²) in [5.41, 5.74) is -0.750. The molecule has 176 valence electrons. The summed E-state index contributed by atoms with van der Waals surface area (Å²) in [5.74, 6) is -1.55. The molecule has 0 aliphatic carbocycles. The van der Waals surface area contributed by atoms with Gasteiger partial charge in [-0.25, -0.2) is 9.59 Å². The first-order valence-corrected chi connectivity index (χ1v) is 11.8. The normalized spacial score (nSPS) is 28.8. The number of fused-ring (bicyclic) bond motifs is 1. The summed E-state index contributed by atoms with van der Waals surface area (Å²) < 4.78 is 11.7. The Morgan fingerprint density at radius 3 is 2.64 bits per heavy atom. The molecule has 0 aromatic heterocycles. The zero-order chi connectivity index (χ0) is 23.6. The van der Waals surface area contributed by atoms with E-state index in [9.17, 15) is 14.4 Å². The van der Waals surface area contributed by atoms with Crippen molar-refractivity contribution in [1.82, 2.24) is 9.80 Å². The van der Waals surface area contributed by atoms with Crippen molar-refractivity contribution >= 4 is 41.0 Å². The molecule has 0 radical (unpaired) electrons. The molecule has 0 saturated carbocycles. The van der Waals surface area contributed by atoms with Crippen molar-refractivity contribution in [3.63, 3.8) is 0 Å². The number of likely N-dealkylation sites (tertiary alicyclic amines) is 2. The molecule has 1 aromatic rings. The maximum Gasteiger partial charge on any atom is 0.333 e. The Balaban J connectivity index is 1.70. The predicted molar refractivity (Wildman–Crippen MR) is 124 cm³/mol. The van der Waals surface area contributed by atoms with Crippen molar-refractivity contribution in [2.45, 2.75) is 50.0 Å². The number of carbonyl (C=O) groups is 3. The molecule has 7 nitrogen and oxygen atoms in total. The van der Waals surface area contributed by atoms with Crippen molar-refractivity contribution in [1.29, 1.82) is 0 Å². The Morgan fingerprint density at radius 2 is 1.88 bits per heavy atom. The summed E-state index contributed by atoms with van der Waals surface area (Å²) in [7, 11) is 0. The van der Waals surface area contributed by atoms with Crippen LogP contribution in [0.15, 0.2) is 43.0 Å². The van der Waals surface area contributed by atoms with Crippen LogP contribution < -0.4 is 0 Å². The van der Waals surface area contributed by atoms with Crippen LogP contribution in [0.2, 0.25) is 10.0 Å². The van der Waals surface area contributed by atoms with Gasteiger partial charge in [-0.05, 0) is 49.9 Å². The number of piperidine rings is 1. The van der Waals surface area contributed by atoms with Crippen LogP contribution in [0.4, 0.5) is 0 Å². The standard InChI is InChI=1S/C24H26Cl2N2O5/c1-2-17-5-3-11-27(17)15-24-20(32-22(30)9-10-23(31)33-24)6-4-12-28(24)21(29)14-16-7-8-18(25)19(26)13-16/h2,7-10,13,17,20H,1,3-6,11-12,14-15H2/b10-9+. The number of amides is 1. The molecular weight excluding hydrogens is 467 g/mol. The van der Waals surface area contributed by atoms with Gasteiger partial charge in [0.05, 0.1) is 23.0 Å². The molecule has 0 N–H and O–H groups in total. The SMILES string of the molecule is C=CC1CCCN1CC12OC(=O)/C=C/C(=O)OC1CCCN2C(=O)Cc1ccc(Cl)c(Cl)c1. The first kappa shape index (κ1) is 23.8. The minimum Gasteiger partial charge on any atom is -0.453 e. The lowest BCUT2D eigenvalue weighted by Gasteiger charge is -2.51. The second-order valence-corrected chi connectivity index (χ2v) is 9.37. The molecule has 3 aliphatic rings. The third-order valence-electron chi connectivity index (χ3n) is 6.46. The van der Waals surface area contributed by atoms with Gasteiger partial charge in [-0.1, -0.05) is 35.3 Å². The maximum absolute atomic E-state index is 13.6. The first-order valence-electron chi connectivity index (χ1n) is 11.0. The average Bonchev–Trinajstić information content (AvgIpc) is 3.22. The largest absolute Gasteiger partial charge is 0.453 e. The molecule has 2 fully saturated rings. The van der Waals surface area contributed by atoms with Crippen LogP contribution in [-0.2, 0) is 30.3 Å². The lowest BCUT2D eigenvalue weighted by Crippen LogP contribution is -2.70. The van der Waals surface area contributed by atoms with Crippen LogP contribution in [0.5, 0.6) is 0 Å². The summed E-state index contributed by atoms with van der Waals surface area (Å²) >= 11 is 12.1. The van der Waals surface area contributed by atoms with E-state index in [1.165, 1.54) is 0 Å². The van der Waals surface area contributed by atoms with Crippen LogP contribution in [0, 0.1) is 0 Å². The van der Waals surface area contributed by atoms with Gasteiger partial charge < -0.3 is 9.47 Å². The van der Waals surface area contributed by atoms with E-state index >= 15 is 0 Å². The molecule has 4 rings (SSSR count). The molecule has 3 heterocycles. The van der Waals surface area contributed by atoms with E-state index in [0.717, 1.165) is 31.5 Å². The predicted octanol–water partition coefficient (Wildman–Crippen LogP) is 3.53. The van der Waals surface area contributed by atoms with Gasteiger partial charge in [0.15, 0.2) is 6.10 Å². The van der Waals surface area contributed by atoms with E-state index in [0.29, 0.717) is 35.0 Å². The third kappa shape index (κ3) is 4.95. The van der Waals surface area contributed by atoms with Crippen molar-refractivity contribution < 1.29 is 23.9 Å². The fourth-order valence-corrected chi connectivity index (χ4v) is 5.22. The van der Waals surface area contributed by atoms with Crippen LogP contribution >= 0.6 is 23.2 Å². The molecule has 9 heteroatoms. The van der Waals surface area contributed by atoms with E-state index in [1.54, 1.807) is 23.1 Å². The zero-order valence-electron chi connectivity index (χ0n) is 18.2. The van der Waals surface area contributed by atoms with Crippen molar-refractivity contribution in [2.24, 2.45) is 0 Å². The Morgan fingerprint density at radius 1 is 1.12 bits per heavy atom. The highest BCUT2D eigenvalue weighted by atomic mass is 35.5. The molecule has 3 atom stereocenters. The Bertz CT molecular complexity index is 997. The van der Waals surface area contributed by atoms with Gasteiger partial charge in [0, 0.05) is 24.7 Å². The summed E-state index contributed by atoms with van der Waals surface area (Å²) in [5, 5.41) is 0.759. The van der Waals surface area contributed by atoms with E-state index in [1.807, 2.05) is 6.08 Å². The fourth-order valence-electron chi connectivity index (χ4n) is 4.90. The lowest BCUT2D eigenvalue weighted by molar-refractivity contribution is -0.237. The zero-order valence-corrected chi connectivity index (χ0v) is 19.7.